The van der Waals surface area contributed by atoms with E-state index >= 15 is 0 Å². The minimum Gasteiger partial charge on any atom is -0.466 e. The Kier molecular flexibility index (Phi) is 4.80. The van der Waals surface area contributed by atoms with Crippen LogP contribution in [0.25, 0.3) is 0 Å². The van der Waals surface area contributed by atoms with Crippen molar-refractivity contribution in [2.45, 2.75) is 46.0 Å². The summed E-state index contributed by atoms with van der Waals surface area (Å²) in [5.41, 5.74) is 1.43. The van der Waals surface area contributed by atoms with Gasteiger partial charge in [-0.1, -0.05) is 13.3 Å². The van der Waals surface area contributed by atoms with Crippen LogP contribution in [0.3, 0.4) is 0 Å². The summed E-state index contributed by atoms with van der Waals surface area (Å²) in [6.45, 7) is 5.59. The SMILES string of the molecule is CCOC(=O)CCc1csc(NCC2(C)CCC2)n1. The molecule has 1 N–H and O–H groups in total. The highest BCUT2D eigenvalue weighted by Gasteiger charge is 2.31. The first-order valence-corrected chi connectivity index (χ1v) is 7.83. The molecule has 4 nitrogen and oxygen atoms in total. The molecule has 1 aromatic rings. The van der Waals surface area contributed by atoms with E-state index in [0.29, 0.717) is 24.9 Å². The van der Waals surface area contributed by atoms with Crippen molar-refractivity contribution >= 4 is 22.4 Å². The Labute approximate surface area is 118 Å². The summed E-state index contributed by atoms with van der Waals surface area (Å²) in [7, 11) is 0. The van der Waals surface area contributed by atoms with E-state index in [1.165, 1.54) is 19.3 Å². The second-order valence-corrected chi connectivity index (χ2v) is 6.32. The van der Waals surface area contributed by atoms with Gasteiger partial charge in [0.1, 0.15) is 0 Å². The lowest BCUT2D eigenvalue weighted by Gasteiger charge is -2.38. The molecule has 1 fully saturated rings. The highest BCUT2D eigenvalue weighted by Crippen LogP contribution is 2.40. The van der Waals surface area contributed by atoms with Gasteiger partial charge in [-0.2, -0.15) is 0 Å². The minimum absolute atomic E-state index is 0.146. The maximum absolute atomic E-state index is 11.3. The number of carbonyl (C=O) groups is 1. The van der Waals surface area contributed by atoms with Crippen molar-refractivity contribution < 1.29 is 9.53 Å². The van der Waals surface area contributed by atoms with Crippen molar-refractivity contribution in [3.8, 4) is 0 Å². The highest BCUT2D eigenvalue weighted by atomic mass is 32.1. The number of thiazole rings is 1. The summed E-state index contributed by atoms with van der Waals surface area (Å²) in [5.74, 6) is -0.146. The topological polar surface area (TPSA) is 51.2 Å². The average Bonchev–Trinajstić information content (AvgIpc) is 2.80. The summed E-state index contributed by atoms with van der Waals surface area (Å²) in [6, 6.07) is 0. The molecule has 1 saturated carbocycles. The van der Waals surface area contributed by atoms with E-state index in [-0.39, 0.29) is 5.97 Å². The predicted molar refractivity (Wildman–Crippen MR) is 77.5 cm³/mol. The van der Waals surface area contributed by atoms with Gasteiger partial charge in [-0.05, 0) is 25.2 Å². The van der Waals surface area contributed by atoms with Crippen LogP contribution in [0.15, 0.2) is 5.38 Å². The van der Waals surface area contributed by atoms with Crippen LogP contribution < -0.4 is 5.32 Å². The van der Waals surface area contributed by atoms with E-state index in [1.807, 2.05) is 12.3 Å². The fourth-order valence-electron chi connectivity index (χ4n) is 2.21. The van der Waals surface area contributed by atoms with Crippen LogP contribution in [0, 0.1) is 5.41 Å². The summed E-state index contributed by atoms with van der Waals surface area (Å²) >= 11 is 1.62. The van der Waals surface area contributed by atoms with Crippen molar-refractivity contribution in [3.05, 3.63) is 11.1 Å². The third kappa shape index (κ3) is 4.20. The van der Waals surface area contributed by atoms with Gasteiger partial charge in [0.2, 0.25) is 0 Å². The van der Waals surface area contributed by atoms with Crippen LogP contribution in [0.4, 0.5) is 5.13 Å². The average molecular weight is 282 g/mol. The Hall–Kier alpha value is -1.10. The number of nitrogens with zero attached hydrogens (tertiary/aromatic N) is 1. The van der Waals surface area contributed by atoms with E-state index in [9.17, 15) is 4.79 Å². The van der Waals surface area contributed by atoms with Gasteiger partial charge in [-0.15, -0.1) is 11.3 Å². The Morgan fingerprint density at radius 1 is 1.58 bits per heavy atom. The number of esters is 1. The molecule has 1 aliphatic rings. The molecule has 0 bridgehead atoms. The van der Waals surface area contributed by atoms with Gasteiger partial charge in [0.05, 0.1) is 18.7 Å². The summed E-state index contributed by atoms with van der Waals surface area (Å²) in [6.07, 6.45) is 5.03. The zero-order chi connectivity index (χ0) is 13.7. The molecule has 0 aliphatic heterocycles. The normalized spacial score (nSPS) is 16.7. The number of hydrogen-bond donors (Lipinski definition) is 1. The van der Waals surface area contributed by atoms with Crippen LogP contribution in [0.5, 0.6) is 0 Å². The molecule has 19 heavy (non-hydrogen) atoms. The molecule has 2 rings (SSSR count). The van der Waals surface area contributed by atoms with Crippen LogP contribution in [0.2, 0.25) is 0 Å². The number of aromatic nitrogens is 1. The predicted octanol–water partition coefficient (Wildman–Crippen LogP) is 3.24. The molecule has 106 valence electrons. The van der Waals surface area contributed by atoms with Gasteiger partial charge in [-0.25, -0.2) is 4.98 Å². The number of hydrogen-bond acceptors (Lipinski definition) is 5. The number of nitrogens with one attached hydrogen (secondary N) is 1. The lowest BCUT2D eigenvalue weighted by molar-refractivity contribution is -0.143. The van der Waals surface area contributed by atoms with E-state index in [2.05, 4.69) is 17.2 Å². The number of aryl methyl sites for hydroxylation is 1. The lowest BCUT2D eigenvalue weighted by Crippen LogP contribution is -2.33. The van der Waals surface area contributed by atoms with Gasteiger partial charge in [-0.3, -0.25) is 4.79 Å². The highest BCUT2D eigenvalue weighted by molar-refractivity contribution is 7.13. The Morgan fingerprint density at radius 3 is 3.00 bits per heavy atom. The maximum Gasteiger partial charge on any atom is 0.306 e. The molecule has 0 radical (unpaired) electrons. The fraction of sp³-hybridized carbons (Fsp3) is 0.714. The molecule has 0 atom stereocenters. The third-order valence-electron chi connectivity index (χ3n) is 3.67. The third-order valence-corrected chi connectivity index (χ3v) is 4.52. The largest absolute Gasteiger partial charge is 0.466 e. The molecule has 5 heteroatoms. The summed E-state index contributed by atoms with van der Waals surface area (Å²) in [5, 5.41) is 6.39. The number of rotatable bonds is 7. The fourth-order valence-corrected chi connectivity index (χ4v) is 2.96. The standard InChI is InChI=1S/C14H22N2O2S/c1-3-18-12(17)6-5-11-9-19-13(16-11)15-10-14(2)7-4-8-14/h9H,3-8,10H2,1-2H3,(H,15,16). The van der Waals surface area contributed by atoms with E-state index in [4.69, 9.17) is 4.74 Å². The Morgan fingerprint density at radius 2 is 2.37 bits per heavy atom. The van der Waals surface area contributed by atoms with Crippen LogP contribution in [-0.2, 0) is 16.0 Å². The minimum atomic E-state index is -0.146. The molecule has 0 amide bonds. The van der Waals surface area contributed by atoms with Crippen molar-refractivity contribution in [3.63, 3.8) is 0 Å². The Bertz CT molecular complexity index is 427. The van der Waals surface area contributed by atoms with Crippen molar-refractivity contribution in [1.29, 1.82) is 0 Å². The van der Waals surface area contributed by atoms with Crippen LogP contribution in [0.1, 0.15) is 45.2 Å². The van der Waals surface area contributed by atoms with Crippen LogP contribution in [-0.4, -0.2) is 24.1 Å². The molecule has 1 aromatic heterocycles. The molecule has 0 aromatic carbocycles. The number of ether oxygens (including phenoxy) is 1. The van der Waals surface area contributed by atoms with Crippen molar-refractivity contribution in [2.75, 3.05) is 18.5 Å². The zero-order valence-corrected chi connectivity index (χ0v) is 12.5. The van der Waals surface area contributed by atoms with Gasteiger partial charge in [0.25, 0.3) is 0 Å². The molecule has 1 aliphatic carbocycles. The number of carbonyl (C=O) groups excluding carboxylic acids is 1. The molecular weight excluding hydrogens is 260 g/mol. The van der Waals surface area contributed by atoms with Gasteiger partial charge >= 0.3 is 5.97 Å². The summed E-state index contributed by atoms with van der Waals surface area (Å²) in [4.78, 5) is 15.8. The van der Waals surface area contributed by atoms with Crippen molar-refractivity contribution in [1.82, 2.24) is 4.98 Å². The smallest absolute Gasteiger partial charge is 0.306 e. The first-order valence-electron chi connectivity index (χ1n) is 6.95. The van der Waals surface area contributed by atoms with Gasteiger partial charge < -0.3 is 10.1 Å². The second kappa shape index (κ2) is 6.37. The van der Waals surface area contributed by atoms with Gasteiger partial charge in [0, 0.05) is 18.3 Å². The summed E-state index contributed by atoms with van der Waals surface area (Å²) < 4.78 is 4.91. The van der Waals surface area contributed by atoms with E-state index in [1.54, 1.807) is 11.3 Å². The van der Waals surface area contributed by atoms with E-state index < -0.39 is 0 Å². The lowest BCUT2D eigenvalue weighted by atomic mass is 9.70. The molecule has 0 unspecified atom stereocenters. The maximum atomic E-state index is 11.3. The first-order chi connectivity index (χ1) is 9.11. The molecule has 0 spiro atoms. The zero-order valence-electron chi connectivity index (χ0n) is 11.7. The monoisotopic (exact) mass is 282 g/mol. The number of anilines is 1. The Balaban J connectivity index is 1.74. The quantitative estimate of drug-likeness (QED) is 0.780. The van der Waals surface area contributed by atoms with Crippen LogP contribution >= 0.6 is 11.3 Å². The van der Waals surface area contributed by atoms with E-state index in [0.717, 1.165) is 17.4 Å². The van der Waals surface area contributed by atoms with Gasteiger partial charge in [0.15, 0.2) is 5.13 Å². The second-order valence-electron chi connectivity index (χ2n) is 5.47. The van der Waals surface area contributed by atoms with Crippen molar-refractivity contribution in [2.24, 2.45) is 5.41 Å². The first kappa shape index (κ1) is 14.3. The molecular formula is C14H22N2O2S. The molecule has 0 saturated heterocycles. The molecule has 1 heterocycles.